The molecule has 1 N–H and O–H groups in total. The molecule has 1 aliphatic heterocycles. The van der Waals surface area contributed by atoms with Crippen LogP contribution in [0, 0.1) is 0 Å². The van der Waals surface area contributed by atoms with Gasteiger partial charge in [-0.3, -0.25) is 0 Å². The number of benzene rings is 1. The molecule has 0 unspecified atom stereocenters. The van der Waals surface area contributed by atoms with Crippen molar-refractivity contribution in [2.45, 2.75) is 25.3 Å². The highest BCUT2D eigenvalue weighted by atomic mass is 35.5. The van der Waals surface area contributed by atoms with Gasteiger partial charge in [-0.1, -0.05) is 29.6 Å². The highest BCUT2D eigenvalue weighted by molar-refractivity contribution is 6.33. The normalized spacial score (nSPS) is 22.3. The van der Waals surface area contributed by atoms with Gasteiger partial charge in [-0.05, 0) is 43.1 Å². The zero-order chi connectivity index (χ0) is 9.97. The molecule has 0 bridgehead atoms. The van der Waals surface area contributed by atoms with Crippen molar-refractivity contribution in [3.63, 3.8) is 0 Å². The summed E-state index contributed by atoms with van der Waals surface area (Å²) < 4.78 is 0. The number of rotatable bonds is 1. The van der Waals surface area contributed by atoms with Crippen LogP contribution in [0.1, 0.15) is 30.9 Å². The summed E-state index contributed by atoms with van der Waals surface area (Å²) in [5, 5.41) is 5.03. The van der Waals surface area contributed by atoms with E-state index in [4.69, 9.17) is 23.2 Å². The number of halogens is 2. The standard InChI is InChI=1S/C11H13Cl2N/c12-8-4-5-10(13)9(7-8)11-3-1-2-6-14-11/h4-5,7,11,14H,1-3,6H2/t11-/m0/s1. The Morgan fingerprint density at radius 3 is 2.79 bits per heavy atom. The molecule has 1 aliphatic rings. The van der Waals surface area contributed by atoms with Crippen LogP contribution in [0.5, 0.6) is 0 Å². The first-order chi connectivity index (χ1) is 6.77. The lowest BCUT2D eigenvalue weighted by atomic mass is 9.97. The van der Waals surface area contributed by atoms with Crippen molar-refractivity contribution < 1.29 is 0 Å². The van der Waals surface area contributed by atoms with Crippen molar-refractivity contribution in [1.82, 2.24) is 5.32 Å². The van der Waals surface area contributed by atoms with Crippen molar-refractivity contribution >= 4 is 23.2 Å². The van der Waals surface area contributed by atoms with Gasteiger partial charge < -0.3 is 5.32 Å². The molecular formula is C11H13Cl2N. The molecule has 0 aliphatic carbocycles. The van der Waals surface area contributed by atoms with Crippen molar-refractivity contribution in [3.05, 3.63) is 33.8 Å². The van der Waals surface area contributed by atoms with E-state index in [1.165, 1.54) is 12.8 Å². The molecule has 1 fully saturated rings. The molecular weight excluding hydrogens is 217 g/mol. The molecule has 3 heteroatoms. The topological polar surface area (TPSA) is 12.0 Å². The maximum absolute atomic E-state index is 6.13. The lowest BCUT2D eigenvalue weighted by Gasteiger charge is -2.24. The molecule has 1 saturated heterocycles. The van der Waals surface area contributed by atoms with Crippen LogP contribution in [-0.2, 0) is 0 Å². The molecule has 2 rings (SSSR count). The van der Waals surface area contributed by atoms with Gasteiger partial charge in [0.05, 0.1) is 0 Å². The van der Waals surface area contributed by atoms with Gasteiger partial charge in [0.15, 0.2) is 0 Å². The maximum atomic E-state index is 6.13. The Balaban J connectivity index is 2.24. The third kappa shape index (κ3) is 2.22. The number of nitrogens with one attached hydrogen (secondary N) is 1. The summed E-state index contributed by atoms with van der Waals surface area (Å²) in [6.07, 6.45) is 3.68. The van der Waals surface area contributed by atoms with Crippen LogP contribution in [0.2, 0.25) is 10.0 Å². The summed E-state index contributed by atoms with van der Waals surface area (Å²) >= 11 is 12.1. The predicted octanol–water partition coefficient (Wildman–Crippen LogP) is 3.81. The third-order valence-corrected chi connectivity index (χ3v) is 3.22. The molecule has 0 amide bonds. The van der Waals surface area contributed by atoms with E-state index >= 15 is 0 Å². The largest absolute Gasteiger partial charge is 0.310 e. The zero-order valence-electron chi connectivity index (χ0n) is 7.89. The van der Waals surface area contributed by atoms with Crippen LogP contribution in [0.4, 0.5) is 0 Å². The predicted molar refractivity (Wildman–Crippen MR) is 61.1 cm³/mol. The molecule has 76 valence electrons. The Hall–Kier alpha value is -0.240. The Morgan fingerprint density at radius 2 is 2.07 bits per heavy atom. The van der Waals surface area contributed by atoms with Gasteiger partial charge >= 0.3 is 0 Å². The highest BCUT2D eigenvalue weighted by Crippen LogP contribution is 2.30. The van der Waals surface area contributed by atoms with Gasteiger partial charge in [-0.15, -0.1) is 0 Å². The number of piperidine rings is 1. The summed E-state index contributed by atoms with van der Waals surface area (Å²) in [7, 11) is 0. The minimum absolute atomic E-state index is 0.384. The zero-order valence-corrected chi connectivity index (χ0v) is 9.41. The Labute approximate surface area is 94.4 Å². The van der Waals surface area contributed by atoms with Crippen LogP contribution in [0.3, 0.4) is 0 Å². The second-order valence-electron chi connectivity index (χ2n) is 3.67. The number of hydrogen-bond acceptors (Lipinski definition) is 1. The first-order valence-electron chi connectivity index (χ1n) is 4.96. The second kappa shape index (κ2) is 4.52. The van der Waals surface area contributed by atoms with Gasteiger partial charge in [0, 0.05) is 16.1 Å². The quantitative estimate of drug-likeness (QED) is 0.773. The molecule has 0 aromatic heterocycles. The van der Waals surface area contributed by atoms with E-state index < -0.39 is 0 Å². The summed E-state index contributed by atoms with van der Waals surface area (Å²) in [6, 6.07) is 6.05. The average Bonchev–Trinajstić information content (AvgIpc) is 2.23. The summed E-state index contributed by atoms with van der Waals surface area (Å²) in [5.41, 5.74) is 1.14. The molecule has 1 aromatic carbocycles. The fourth-order valence-corrected chi connectivity index (χ4v) is 2.33. The fraction of sp³-hybridized carbons (Fsp3) is 0.455. The Kier molecular flexibility index (Phi) is 3.32. The minimum Gasteiger partial charge on any atom is -0.310 e. The summed E-state index contributed by atoms with van der Waals surface area (Å²) in [5.74, 6) is 0. The van der Waals surface area contributed by atoms with Crippen molar-refractivity contribution in [1.29, 1.82) is 0 Å². The molecule has 14 heavy (non-hydrogen) atoms. The minimum atomic E-state index is 0.384. The van der Waals surface area contributed by atoms with E-state index in [2.05, 4.69) is 5.32 Å². The molecule has 1 heterocycles. The summed E-state index contributed by atoms with van der Waals surface area (Å²) in [4.78, 5) is 0. The van der Waals surface area contributed by atoms with E-state index in [1.807, 2.05) is 18.2 Å². The lowest BCUT2D eigenvalue weighted by Crippen LogP contribution is -2.26. The van der Waals surface area contributed by atoms with Crippen LogP contribution >= 0.6 is 23.2 Å². The van der Waals surface area contributed by atoms with Gasteiger partial charge in [0.1, 0.15) is 0 Å². The molecule has 1 nitrogen and oxygen atoms in total. The Morgan fingerprint density at radius 1 is 1.21 bits per heavy atom. The fourth-order valence-electron chi connectivity index (χ4n) is 1.90. The molecule has 0 spiro atoms. The van der Waals surface area contributed by atoms with Crippen LogP contribution in [-0.4, -0.2) is 6.54 Å². The molecule has 0 saturated carbocycles. The monoisotopic (exact) mass is 229 g/mol. The van der Waals surface area contributed by atoms with E-state index in [0.717, 1.165) is 28.6 Å². The van der Waals surface area contributed by atoms with Gasteiger partial charge in [0.25, 0.3) is 0 Å². The first kappa shape index (κ1) is 10.3. The van der Waals surface area contributed by atoms with Gasteiger partial charge in [0.2, 0.25) is 0 Å². The second-order valence-corrected chi connectivity index (χ2v) is 4.51. The average molecular weight is 230 g/mol. The smallest absolute Gasteiger partial charge is 0.0454 e. The van der Waals surface area contributed by atoms with Gasteiger partial charge in [-0.25, -0.2) is 0 Å². The molecule has 1 aromatic rings. The maximum Gasteiger partial charge on any atom is 0.0454 e. The first-order valence-corrected chi connectivity index (χ1v) is 5.71. The van der Waals surface area contributed by atoms with Crippen LogP contribution in [0.25, 0.3) is 0 Å². The lowest BCUT2D eigenvalue weighted by molar-refractivity contribution is 0.412. The van der Waals surface area contributed by atoms with Crippen LogP contribution < -0.4 is 5.32 Å². The third-order valence-electron chi connectivity index (χ3n) is 2.64. The van der Waals surface area contributed by atoms with Gasteiger partial charge in [-0.2, -0.15) is 0 Å². The number of hydrogen-bond donors (Lipinski definition) is 1. The Bertz CT molecular complexity index is 319. The van der Waals surface area contributed by atoms with E-state index in [1.54, 1.807) is 0 Å². The highest BCUT2D eigenvalue weighted by Gasteiger charge is 2.17. The molecule has 1 atom stereocenters. The van der Waals surface area contributed by atoms with Crippen LogP contribution in [0.15, 0.2) is 18.2 Å². The van der Waals surface area contributed by atoms with E-state index in [0.29, 0.717) is 6.04 Å². The van der Waals surface area contributed by atoms with Crippen molar-refractivity contribution in [2.24, 2.45) is 0 Å². The summed E-state index contributed by atoms with van der Waals surface area (Å²) in [6.45, 7) is 1.08. The van der Waals surface area contributed by atoms with E-state index in [9.17, 15) is 0 Å². The van der Waals surface area contributed by atoms with Crippen molar-refractivity contribution in [2.75, 3.05) is 6.54 Å². The molecule has 0 radical (unpaired) electrons. The van der Waals surface area contributed by atoms with E-state index in [-0.39, 0.29) is 0 Å². The SMILES string of the molecule is Clc1ccc(Cl)c([C@@H]2CCCCN2)c1. The van der Waals surface area contributed by atoms with Crippen molar-refractivity contribution in [3.8, 4) is 0 Å².